The Kier molecular flexibility index (Phi) is 5.02. The van der Waals surface area contributed by atoms with Gasteiger partial charge in [0.25, 0.3) is 0 Å². The summed E-state index contributed by atoms with van der Waals surface area (Å²) in [5, 5.41) is 0. The van der Waals surface area contributed by atoms with Crippen molar-refractivity contribution in [2.24, 2.45) is 5.41 Å². The van der Waals surface area contributed by atoms with Gasteiger partial charge in [0.1, 0.15) is 0 Å². The Morgan fingerprint density at radius 1 is 1.20 bits per heavy atom. The summed E-state index contributed by atoms with van der Waals surface area (Å²) in [5.74, 6) is 0.132. The van der Waals surface area contributed by atoms with E-state index in [1.165, 1.54) is 0 Å². The minimum atomic E-state index is -0.218. The van der Waals surface area contributed by atoms with Crippen molar-refractivity contribution < 1.29 is 14.3 Å². The molecule has 0 N–H and O–H groups in total. The summed E-state index contributed by atoms with van der Waals surface area (Å²) < 4.78 is 5.32. The lowest BCUT2D eigenvalue weighted by atomic mass is 9.68. The van der Waals surface area contributed by atoms with Gasteiger partial charge in [-0.3, -0.25) is 4.79 Å². The molecule has 136 valence electrons. The van der Waals surface area contributed by atoms with Gasteiger partial charge in [0.15, 0.2) is 0 Å². The molecule has 2 fully saturated rings. The molecule has 25 heavy (non-hydrogen) atoms. The Labute approximate surface area is 149 Å². The molecule has 1 atom stereocenters. The van der Waals surface area contributed by atoms with E-state index in [4.69, 9.17) is 4.74 Å². The molecule has 5 heteroatoms. The molecule has 0 radical (unpaired) electrons. The average molecular weight is 344 g/mol. The monoisotopic (exact) mass is 344 g/mol. The van der Waals surface area contributed by atoms with Crippen LogP contribution in [0, 0.1) is 5.41 Å². The number of nitrogens with zero attached hydrogens (tertiary/aromatic N) is 2. The molecule has 2 amide bonds. The van der Waals surface area contributed by atoms with Gasteiger partial charge in [-0.05, 0) is 44.1 Å². The summed E-state index contributed by atoms with van der Waals surface area (Å²) in [6, 6.07) is 10.1. The van der Waals surface area contributed by atoms with Crippen molar-refractivity contribution in [3.63, 3.8) is 0 Å². The second-order valence-electron chi connectivity index (χ2n) is 7.78. The maximum atomic E-state index is 12.7. The fraction of sp³-hybridized carbons (Fsp3) is 0.600. The molecular formula is C20H28N2O3. The van der Waals surface area contributed by atoms with Gasteiger partial charge in [-0.2, -0.15) is 0 Å². The van der Waals surface area contributed by atoms with Gasteiger partial charge in [-0.25, -0.2) is 4.79 Å². The summed E-state index contributed by atoms with van der Waals surface area (Å²) in [5.41, 5.74) is 1.19. The summed E-state index contributed by atoms with van der Waals surface area (Å²) in [4.78, 5) is 28.5. The van der Waals surface area contributed by atoms with Gasteiger partial charge in [-0.15, -0.1) is 0 Å². The molecule has 0 aliphatic carbocycles. The maximum absolute atomic E-state index is 12.7. The third-order valence-corrected chi connectivity index (χ3v) is 5.50. The van der Waals surface area contributed by atoms with E-state index in [0.717, 1.165) is 31.4 Å². The van der Waals surface area contributed by atoms with Crippen LogP contribution >= 0.6 is 0 Å². The third-order valence-electron chi connectivity index (χ3n) is 5.50. The van der Waals surface area contributed by atoms with E-state index in [-0.39, 0.29) is 29.4 Å². The number of benzene rings is 1. The molecule has 5 nitrogen and oxygen atoms in total. The van der Waals surface area contributed by atoms with Gasteiger partial charge >= 0.3 is 6.09 Å². The zero-order valence-electron chi connectivity index (χ0n) is 15.4. The van der Waals surface area contributed by atoms with Gasteiger partial charge in [0.05, 0.1) is 12.0 Å². The predicted molar refractivity (Wildman–Crippen MR) is 96.3 cm³/mol. The van der Waals surface area contributed by atoms with Crippen LogP contribution in [0.15, 0.2) is 30.3 Å². The molecule has 3 rings (SSSR count). The fourth-order valence-electron chi connectivity index (χ4n) is 4.18. The number of hydrogen-bond acceptors (Lipinski definition) is 3. The maximum Gasteiger partial charge on any atom is 0.410 e. The van der Waals surface area contributed by atoms with E-state index in [2.05, 4.69) is 0 Å². The van der Waals surface area contributed by atoms with Gasteiger partial charge in [0.2, 0.25) is 5.91 Å². The average Bonchev–Trinajstić information content (AvgIpc) is 2.59. The first-order chi connectivity index (χ1) is 11.9. The highest BCUT2D eigenvalue weighted by atomic mass is 16.6. The minimum Gasteiger partial charge on any atom is -0.447 e. The number of rotatable bonds is 2. The van der Waals surface area contributed by atoms with Crippen molar-refractivity contribution in [1.82, 2.24) is 9.80 Å². The molecule has 1 aromatic rings. The Morgan fingerprint density at radius 2 is 1.84 bits per heavy atom. The van der Waals surface area contributed by atoms with Crippen LogP contribution in [0.5, 0.6) is 0 Å². The number of amides is 2. The quantitative estimate of drug-likeness (QED) is 0.827. The first-order valence-corrected chi connectivity index (χ1v) is 9.16. The molecule has 0 aromatic heterocycles. The lowest BCUT2D eigenvalue weighted by Crippen LogP contribution is -2.53. The molecule has 2 aliphatic heterocycles. The minimum absolute atomic E-state index is 0.0749. The van der Waals surface area contributed by atoms with Crippen molar-refractivity contribution in [2.45, 2.75) is 45.1 Å². The highest BCUT2D eigenvalue weighted by molar-refractivity contribution is 5.84. The first-order valence-electron chi connectivity index (χ1n) is 9.16. The van der Waals surface area contributed by atoms with Crippen molar-refractivity contribution >= 4 is 12.0 Å². The number of likely N-dealkylation sites (tertiary alicyclic amines) is 2. The number of hydrogen-bond donors (Lipinski definition) is 0. The van der Waals surface area contributed by atoms with E-state index in [1.54, 1.807) is 4.90 Å². The zero-order valence-corrected chi connectivity index (χ0v) is 15.4. The normalized spacial score (nSPS) is 23.2. The van der Waals surface area contributed by atoms with Crippen LogP contribution in [0.4, 0.5) is 4.79 Å². The van der Waals surface area contributed by atoms with Gasteiger partial charge in [-0.1, -0.05) is 30.3 Å². The molecule has 0 saturated carbocycles. The van der Waals surface area contributed by atoms with Crippen molar-refractivity contribution in [2.75, 3.05) is 26.7 Å². The molecule has 2 aliphatic rings. The second-order valence-corrected chi connectivity index (χ2v) is 7.78. The number of likely N-dealkylation sites (N-methyl/N-ethyl adjacent to an activating group) is 1. The SMILES string of the molecule is CC(C)OC(=O)N1CCC2(CC1)C[C@@H](c1ccccc1)C(=O)N(C)C2. The molecule has 0 bridgehead atoms. The summed E-state index contributed by atoms with van der Waals surface area (Å²) in [6.07, 6.45) is 2.39. The molecular weight excluding hydrogens is 316 g/mol. The standard InChI is InChI=1S/C20H28N2O3/c1-15(2)25-19(24)22-11-9-20(10-12-22)13-17(18(23)21(3)14-20)16-7-5-4-6-8-16/h4-8,15,17H,9-14H2,1-3H3/t17-/m0/s1. The van der Waals surface area contributed by atoms with Crippen LogP contribution in [0.25, 0.3) is 0 Å². The molecule has 2 saturated heterocycles. The summed E-state index contributed by atoms with van der Waals surface area (Å²) >= 11 is 0. The lowest BCUT2D eigenvalue weighted by molar-refractivity contribution is -0.139. The van der Waals surface area contributed by atoms with Crippen LogP contribution in [0.1, 0.15) is 44.6 Å². The molecule has 1 aromatic carbocycles. The van der Waals surface area contributed by atoms with Crippen molar-refractivity contribution in [1.29, 1.82) is 0 Å². The van der Waals surface area contributed by atoms with Crippen molar-refractivity contribution in [3.05, 3.63) is 35.9 Å². The number of carbonyl (C=O) groups is 2. The third kappa shape index (κ3) is 3.80. The zero-order chi connectivity index (χ0) is 18.0. The smallest absolute Gasteiger partial charge is 0.410 e. The fourth-order valence-corrected chi connectivity index (χ4v) is 4.18. The Hall–Kier alpha value is -2.04. The highest BCUT2D eigenvalue weighted by Gasteiger charge is 2.45. The van der Waals surface area contributed by atoms with Crippen LogP contribution < -0.4 is 0 Å². The van der Waals surface area contributed by atoms with Crippen LogP contribution in [-0.4, -0.2) is 54.6 Å². The van der Waals surface area contributed by atoms with Crippen LogP contribution in [0.3, 0.4) is 0 Å². The Morgan fingerprint density at radius 3 is 2.44 bits per heavy atom. The number of ether oxygens (including phenoxy) is 1. The van der Waals surface area contributed by atoms with E-state index >= 15 is 0 Å². The Bertz CT molecular complexity index is 621. The van der Waals surface area contributed by atoms with E-state index in [9.17, 15) is 9.59 Å². The summed E-state index contributed by atoms with van der Waals surface area (Å²) in [7, 11) is 1.90. The van der Waals surface area contributed by atoms with E-state index in [1.807, 2.05) is 56.1 Å². The predicted octanol–water partition coefficient (Wildman–Crippen LogP) is 3.26. The first kappa shape index (κ1) is 17.8. The van der Waals surface area contributed by atoms with Crippen molar-refractivity contribution in [3.8, 4) is 0 Å². The highest BCUT2D eigenvalue weighted by Crippen LogP contribution is 2.45. The lowest BCUT2D eigenvalue weighted by Gasteiger charge is -2.48. The number of carbonyl (C=O) groups excluding carboxylic acids is 2. The number of piperidine rings is 2. The topological polar surface area (TPSA) is 49.9 Å². The van der Waals surface area contributed by atoms with Gasteiger partial charge < -0.3 is 14.5 Å². The van der Waals surface area contributed by atoms with E-state index < -0.39 is 0 Å². The Balaban J connectivity index is 1.70. The van der Waals surface area contributed by atoms with Crippen LogP contribution in [0.2, 0.25) is 0 Å². The van der Waals surface area contributed by atoms with Gasteiger partial charge in [0, 0.05) is 26.7 Å². The van der Waals surface area contributed by atoms with E-state index in [0.29, 0.717) is 13.1 Å². The largest absolute Gasteiger partial charge is 0.447 e. The molecule has 2 heterocycles. The van der Waals surface area contributed by atoms with Crippen LogP contribution in [-0.2, 0) is 9.53 Å². The molecule has 1 spiro atoms. The summed E-state index contributed by atoms with van der Waals surface area (Å²) in [6.45, 7) is 5.93. The molecule has 0 unspecified atom stereocenters. The second kappa shape index (κ2) is 7.06.